The maximum atomic E-state index is 12.6. The minimum atomic E-state index is -3.64. The van der Waals surface area contributed by atoms with E-state index in [2.05, 4.69) is 31.9 Å². The molecular weight excluding hydrogens is 494 g/mol. The summed E-state index contributed by atoms with van der Waals surface area (Å²) >= 11 is 1.44. The van der Waals surface area contributed by atoms with Gasteiger partial charge in [0.1, 0.15) is 5.03 Å². The molecule has 0 fully saturated rings. The predicted molar refractivity (Wildman–Crippen MR) is 142 cm³/mol. The van der Waals surface area contributed by atoms with Crippen LogP contribution in [0.5, 0.6) is 0 Å². The van der Waals surface area contributed by atoms with Gasteiger partial charge in [0.15, 0.2) is 0 Å². The number of anilines is 3. The van der Waals surface area contributed by atoms with Gasteiger partial charge in [-0.3, -0.25) is 4.79 Å². The van der Waals surface area contributed by atoms with Gasteiger partial charge >= 0.3 is 0 Å². The third-order valence-corrected chi connectivity index (χ3v) is 7.25. The molecular formula is C26H23N5O3S2. The minimum Gasteiger partial charge on any atom is -0.324 e. The van der Waals surface area contributed by atoms with Crippen LogP contribution in [0.2, 0.25) is 0 Å². The molecule has 0 aliphatic rings. The van der Waals surface area contributed by atoms with E-state index < -0.39 is 10.0 Å². The molecule has 3 N–H and O–H groups in total. The molecule has 0 saturated heterocycles. The van der Waals surface area contributed by atoms with Crippen molar-refractivity contribution in [1.29, 1.82) is 0 Å². The quantitative estimate of drug-likeness (QED) is 0.201. The van der Waals surface area contributed by atoms with Gasteiger partial charge in [0.2, 0.25) is 21.9 Å². The number of nitrogens with zero attached hydrogens (tertiary/aromatic N) is 2. The molecule has 36 heavy (non-hydrogen) atoms. The number of amides is 1. The van der Waals surface area contributed by atoms with Crippen molar-refractivity contribution in [3.05, 3.63) is 109 Å². The van der Waals surface area contributed by atoms with Crippen molar-refractivity contribution < 1.29 is 13.2 Å². The monoisotopic (exact) mass is 517 g/mol. The van der Waals surface area contributed by atoms with E-state index in [1.165, 1.54) is 30.0 Å². The highest BCUT2D eigenvalue weighted by atomic mass is 32.2. The topological polar surface area (TPSA) is 113 Å². The van der Waals surface area contributed by atoms with Gasteiger partial charge in [-0.05, 0) is 66.2 Å². The Bertz CT molecular complexity index is 1440. The van der Waals surface area contributed by atoms with E-state index in [4.69, 9.17) is 0 Å². The molecule has 0 spiro atoms. The number of sulfonamides is 1. The van der Waals surface area contributed by atoms with Crippen LogP contribution in [-0.4, -0.2) is 24.3 Å². The second-order valence-electron chi connectivity index (χ2n) is 7.50. The first-order valence-corrected chi connectivity index (χ1v) is 13.2. The lowest BCUT2D eigenvalue weighted by Gasteiger charge is -2.09. The Hall–Kier alpha value is -3.99. The lowest BCUT2D eigenvalue weighted by molar-refractivity contribution is -0.111. The molecule has 0 atom stereocenters. The van der Waals surface area contributed by atoms with Crippen molar-refractivity contribution in [2.75, 3.05) is 10.6 Å². The first-order chi connectivity index (χ1) is 17.4. The van der Waals surface area contributed by atoms with Gasteiger partial charge in [-0.1, -0.05) is 48.7 Å². The van der Waals surface area contributed by atoms with Gasteiger partial charge in [-0.25, -0.2) is 23.1 Å². The summed E-state index contributed by atoms with van der Waals surface area (Å²) in [4.78, 5) is 21.3. The van der Waals surface area contributed by atoms with Crippen molar-refractivity contribution in [3.8, 4) is 0 Å². The molecule has 4 aromatic rings. The van der Waals surface area contributed by atoms with Gasteiger partial charge in [0.25, 0.3) is 0 Å². The van der Waals surface area contributed by atoms with E-state index >= 15 is 0 Å². The molecule has 0 bridgehead atoms. The fraction of sp³-hybridized carbons (Fsp3) is 0.0385. The van der Waals surface area contributed by atoms with Crippen LogP contribution in [-0.2, 0) is 21.4 Å². The maximum absolute atomic E-state index is 12.6. The first-order valence-electron chi connectivity index (χ1n) is 10.9. The van der Waals surface area contributed by atoms with Crippen LogP contribution in [0.25, 0.3) is 0 Å². The van der Waals surface area contributed by atoms with Gasteiger partial charge < -0.3 is 10.6 Å². The number of rotatable bonds is 10. The summed E-state index contributed by atoms with van der Waals surface area (Å²) in [5.41, 5.74) is 2.21. The molecule has 3 aromatic carbocycles. The predicted octanol–water partition coefficient (Wildman–Crippen LogP) is 4.97. The van der Waals surface area contributed by atoms with Gasteiger partial charge in [0.05, 0.1) is 4.90 Å². The Kier molecular flexibility index (Phi) is 8.11. The number of carbonyl (C=O) groups excluding carboxylic acids is 1. The van der Waals surface area contributed by atoms with Crippen molar-refractivity contribution in [2.45, 2.75) is 21.4 Å². The maximum Gasteiger partial charge on any atom is 0.247 e. The molecule has 0 radical (unpaired) electrons. The van der Waals surface area contributed by atoms with E-state index in [-0.39, 0.29) is 17.3 Å². The van der Waals surface area contributed by atoms with E-state index in [9.17, 15) is 13.2 Å². The number of aromatic nitrogens is 2. The number of hydrogen-bond donors (Lipinski definition) is 3. The molecule has 10 heteroatoms. The van der Waals surface area contributed by atoms with Crippen LogP contribution in [0.3, 0.4) is 0 Å². The summed E-state index contributed by atoms with van der Waals surface area (Å²) < 4.78 is 27.8. The van der Waals surface area contributed by atoms with Crippen molar-refractivity contribution in [2.24, 2.45) is 0 Å². The molecule has 1 aromatic heterocycles. The van der Waals surface area contributed by atoms with Crippen LogP contribution in [0.15, 0.2) is 119 Å². The molecule has 182 valence electrons. The Balaban J connectivity index is 1.37. The smallest absolute Gasteiger partial charge is 0.247 e. The van der Waals surface area contributed by atoms with Crippen molar-refractivity contribution >= 4 is 45.0 Å². The van der Waals surface area contributed by atoms with Crippen LogP contribution >= 0.6 is 11.8 Å². The van der Waals surface area contributed by atoms with Crippen LogP contribution < -0.4 is 15.4 Å². The number of benzene rings is 3. The fourth-order valence-electron chi connectivity index (χ4n) is 3.08. The molecule has 0 aliphatic carbocycles. The molecule has 1 amide bonds. The van der Waals surface area contributed by atoms with Gasteiger partial charge in [0, 0.05) is 29.0 Å². The normalized spacial score (nSPS) is 11.0. The molecule has 0 aliphatic heterocycles. The zero-order chi connectivity index (χ0) is 25.4. The third-order valence-electron chi connectivity index (χ3n) is 4.89. The van der Waals surface area contributed by atoms with Crippen LogP contribution in [0.4, 0.5) is 17.3 Å². The number of hydrogen-bond acceptors (Lipinski definition) is 7. The highest BCUT2D eigenvalue weighted by Gasteiger charge is 2.13. The van der Waals surface area contributed by atoms with Gasteiger partial charge in [-0.15, -0.1) is 0 Å². The third kappa shape index (κ3) is 7.01. The summed E-state index contributed by atoms with van der Waals surface area (Å²) in [6.45, 7) is 3.65. The number of carbonyl (C=O) groups is 1. The van der Waals surface area contributed by atoms with E-state index in [1.807, 2.05) is 42.5 Å². The summed E-state index contributed by atoms with van der Waals surface area (Å²) in [6.07, 6.45) is 2.86. The van der Waals surface area contributed by atoms with Gasteiger partial charge in [-0.2, -0.15) is 0 Å². The zero-order valence-corrected chi connectivity index (χ0v) is 20.7. The standard InChI is InChI=1S/C26H23N5O3S2/c1-2-24(32)29-20-8-12-22(13-9-20)35-25-16-17-27-26(31-25)30-21-10-14-23(15-11-21)36(33,34)28-18-19-6-4-3-5-7-19/h2-17,28H,1,18H2,(H,29,32)(H,27,30,31). The lowest BCUT2D eigenvalue weighted by atomic mass is 10.2. The average molecular weight is 518 g/mol. The Morgan fingerprint density at radius 3 is 2.31 bits per heavy atom. The summed E-state index contributed by atoms with van der Waals surface area (Å²) in [5.74, 6) is 0.115. The largest absolute Gasteiger partial charge is 0.324 e. The molecule has 0 saturated carbocycles. The summed E-state index contributed by atoms with van der Waals surface area (Å²) in [6, 6.07) is 24.9. The molecule has 1 heterocycles. The number of nitrogens with one attached hydrogen (secondary N) is 3. The van der Waals surface area contributed by atoms with Crippen molar-refractivity contribution in [3.63, 3.8) is 0 Å². The minimum absolute atomic E-state index is 0.168. The average Bonchev–Trinajstić information content (AvgIpc) is 2.90. The summed E-state index contributed by atoms with van der Waals surface area (Å²) in [7, 11) is -3.64. The second-order valence-corrected chi connectivity index (χ2v) is 10.4. The van der Waals surface area contributed by atoms with Crippen LogP contribution in [0.1, 0.15) is 5.56 Å². The van der Waals surface area contributed by atoms with E-state index in [1.54, 1.807) is 36.5 Å². The Morgan fingerprint density at radius 1 is 0.917 bits per heavy atom. The SMILES string of the molecule is C=CC(=O)Nc1ccc(Sc2ccnc(Nc3ccc(S(=O)(=O)NCc4ccccc4)cc3)n2)cc1. The van der Waals surface area contributed by atoms with E-state index in [0.717, 1.165) is 15.5 Å². The van der Waals surface area contributed by atoms with Crippen molar-refractivity contribution in [1.82, 2.24) is 14.7 Å². The Morgan fingerprint density at radius 2 is 1.61 bits per heavy atom. The zero-order valence-electron chi connectivity index (χ0n) is 19.1. The van der Waals surface area contributed by atoms with Crippen LogP contribution in [0, 0.1) is 0 Å². The lowest BCUT2D eigenvalue weighted by Crippen LogP contribution is -2.23. The first kappa shape index (κ1) is 25.1. The highest BCUT2D eigenvalue weighted by Crippen LogP contribution is 2.28. The molecule has 8 nitrogen and oxygen atoms in total. The summed E-state index contributed by atoms with van der Waals surface area (Å²) in [5, 5.41) is 6.52. The fourth-order valence-corrected chi connectivity index (χ4v) is 4.88. The molecule has 4 rings (SSSR count). The Labute approximate surface area is 214 Å². The highest BCUT2D eigenvalue weighted by molar-refractivity contribution is 7.99. The molecule has 0 unspecified atom stereocenters. The second kappa shape index (κ2) is 11.6. The van der Waals surface area contributed by atoms with E-state index in [0.29, 0.717) is 17.3 Å².